The largest absolute Gasteiger partial charge is 0.395 e. The van der Waals surface area contributed by atoms with Gasteiger partial charge in [-0.25, -0.2) is 9.37 Å². The van der Waals surface area contributed by atoms with Gasteiger partial charge in [0.25, 0.3) is 0 Å². The Hall–Kier alpha value is -1.08. The minimum absolute atomic E-state index is 0.0114. The number of aliphatic hydroxyl groups excluding tert-OH is 1. The Kier molecular flexibility index (Phi) is 4.75. The highest BCUT2D eigenvalue weighted by atomic mass is 32.2. The zero-order valence-corrected chi connectivity index (χ0v) is 9.96. The van der Waals surface area contributed by atoms with Gasteiger partial charge in [-0.3, -0.25) is 0 Å². The molecule has 7 heteroatoms. The molecule has 1 aromatic heterocycles. The average molecular weight is 246 g/mol. The zero-order chi connectivity index (χ0) is 12.1. The van der Waals surface area contributed by atoms with Crippen molar-refractivity contribution in [3.8, 4) is 0 Å². The quantitative estimate of drug-likeness (QED) is 0.710. The van der Waals surface area contributed by atoms with Gasteiger partial charge in [0.15, 0.2) is 11.6 Å². The number of anilines is 2. The molecule has 2 atom stereocenters. The van der Waals surface area contributed by atoms with Gasteiger partial charge < -0.3 is 16.2 Å². The number of thioether (sulfide) groups is 1. The lowest BCUT2D eigenvalue weighted by Gasteiger charge is -2.21. The summed E-state index contributed by atoms with van der Waals surface area (Å²) in [7, 11) is 0. The van der Waals surface area contributed by atoms with Crippen LogP contribution in [-0.4, -0.2) is 39.2 Å². The highest BCUT2D eigenvalue weighted by Gasteiger charge is 2.17. The van der Waals surface area contributed by atoms with Crippen molar-refractivity contribution in [2.45, 2.75) is 18.2 Å². The van der Waals surface area contributed by atoms with Crippen LogP contribution in [0.15, 0.2) is 6.20 Å². The Bertz CT molecular complexity index is 348. The molecule has 5 nitrogen and oxygen atoms in total. The number of rotatable bonds is 5. The van der Waals surface area contributed by atoms with Gasteiger partial charge in [0.2, 0.25) is 5.95 Å². The summed E-state index contributed by atoms with van der Waals surface area (Å²) in [4.78, 5) is 7.28. The lowest BCUT2D eigenvalue weighted by Crippen LogP contribution is -2.31. The van der Waals surface area contributed by atoms with E-state index >= 15 is 0 Å². The van der Waals surface area contributed by atoms with Crippen molar-refractivity contribution in [1.82, 2.24) is 9.97 Å². The summed E-state index contributed by atoms with van der Waals surface area (Å²) in [6.07, 6.45) is 2.90. The van der Waals surface area contributed by atoms with Gasteiger partial charge in [-0.05, 0) is 13.2 Å². The first kappa shape index (κ1) is 13.0. The molecule has 0 aliphatic rings. The lowest BCUT2D eigenvalue weighted by molar-refractivity contribution is 0.288. The smallest absolute Gasteiger partial charge is 0.222 e. The summed E-state index contributed by atoms with van der Waals surface area (Å²) in [5.74, 6) is -0.479. The fourth-order valence-corrected chi connectivity index (χ4v) is 1.85. The highest BCUT2D eigenvalue weighted by Crippen LogP contribution is 2.17. The predicted octanol–water partition coefficient (Wildman–Crippen LogP) is 0.722. The molecule has 1 heterocycles. The van der Waals surface area contributed by atoms with Gasteiger partial charge >= 0.3 is 0 Å². The van der Waals surface area contributed by atoms with Crippen LogP contribution in [-0.2, 0) is 0 Å². The van der Waals surface area contributed by atoms with Crippen LogP contribution in [0.4, 0.5) is 16.2 Å². The van der Waals surface area contributed by atoms with E-state index in [4.69, 9.17) is 10.8 Å². The summed E-state index contributed by atoms with van der Waals surface area (Å²) < 4.78 is 13.3. The molecule has 0 saturated heterocycles. The molecule has 1 aromatic rings. The number of aromatic nitrogens is 2. The second-order valence-corrected chi connectivity index (χ2v) is 4.39. The molecule has 0 aliphatic carbocycles. The molecule has 90 valence electrons. The summed E-state index contributed by atoms with van der Waals surface area (Å²) in [6, 6.07) is -0.121. The van der Waals surface area contributed by atoms with E-state index in [-0.39, 0.29) is 29.7 Å². The number of nitrogen functional groups attached to an aromatic ring is 1. The maximum atomic E-state index is 13.3. The van der Waals surface area contributed by atoms with Crippen LogP contribution >= 0.6 is 11.8 Å². The molecule has 0 amide bonds. The van der Waals surface area contributed by atoms with E-state index in [1.165, 1.54) is 11.8 Å². The fourth-order valence-electron chi connectivity index (χ4n) is 1.23. The maximum absolute atomic E-state index is 13.3. The van der Waals surface area contributed by atoms with Crippen molar-refractivity contribution >= 4 is 23.5 Å². The highest BCUT2D eigenvalue weighted by molar-refractivity contribution is 7.99. The molecule has 0 aromatic carbocycles. The predicted molar refractivity (Wildman–Crippen MR) is 63.9 cm³/mol. The molecule has 0 fully saturated rings. The molecule has 0 radical (unpaired) electrons. The molecule has 0 bridgehead atoms. The standard InChI is InChI=1S/C9H15FN4OS/c1-5(7(4-15)16-2)13-8-6(10)3-12-9(11)14-8/h3,5,7,15H,4H2,1-2H3,(H3,11,12,13,14). The van der Waals surface area contributed by atoms with E-state index < -0.39 is 5.82 Å². The molecule has 0 spiro atoms. The summed E-state index contributed by atoms with van der Waals surface area (Å²) in [5, 5.41) is 11.9. The lowest BCUT2D eigenvalue weighted by atomic mass is 10.2. The number of nitrogens with two attached hydrogens (primary N) is 1. The van der Waals surface area contributed by atoms with Gasteiger partial charge in [-0.1, -0.05) is 0 Å². The maximum Gasteiger partial charge on any atom is 0.222 e. The van der Waals surface area contributed by atoms with Gasteiger partial charge in [-0.2, -0.15) is 16.7 Å². The van der Waals surface area contributed by atoms with E-state index in [1.807, 2.05) is 13.2 Å². The van der Waals surface area contributed by atoms with Crippen LogP contribution < -0.4 is 11.1 Å². The van der Waals surface area contributed by atoms with Crippen LogP contribution in [0.1, 0.15) is 6.92 Å². The van der Waals surface area contributed by atoms with Crippen molar-refractivity contribution in [1.29, 1.82) is 0 Å². The molecule has 16 heavy (non-hydrogen) atoms. The molecule has 1 rings (SSSR count). The minimum Gasteiger partial charge on any atom is -0.395 e. The number of nitrogens with zero attached hydrogens (tertiary/aromatic N) is 2. The van der Waals surface area contributed by atoms with Crippen molar-refractivity contribution in [2.24, 2.45) is 0 Å². The van der Waals surface area contributed by atoms with Crippen LogP contribution in [0.2, 0.25) is 0 Å². The van der Waals surface area contributed by atoms with Crippen molar-refractivity contribution in [3.05, 3.63) is 12.0 Å². The first-order chi connectivity index (χ1) is 7.58. The third kappa shape index (κ3) is 3.21. The first-order valence-electron chi connectivity index (χ1n) is 4.76. The Balaban J connectivity index is 2.75. The molecule has 2 unspecified atom stereocenters. The molecule has 4 N–H and O–H groups in total. The number of hydrogen-bond donors (Lipinski definition) is 3. The average Bonchev–Trinajstić information content (AvgIpc) is 2.25. The monoisotopic (exact) mass is 246 g/mol. The molecule has 0 saturated carbocycles. The van der Waals surface area contributed by atoms with Gasteiger partial charge in [0.1, 0.15) is 0 Å². The van der Waals surface area contributed by atoms with Gasteiger partial charge in [-0.15, -0.1) is 0 Å². The zero-order valence-electron chi connectivity index (χ0n) is 9.14. The summed E-state index contributed by atoms with van der Waals surface area (Å²) >= 11 is 1.50. The summed E-state index contributed by atoms with van der Waals surface area (Å²) in [5.41, 5.74) is 5.36. The molecule has 0 aliphatic heterocycles. The van der Waals surface area contributed by atoms with Crippen LogP contribution in [0, 0.1) is 5.82 Å². The number of hydrogen-bond acceptors (Lipinski definition) is 6. The second-order valence-electron chi connectivity index (χ2n) is 3.31. The van der Waals surface area contributed by atoms with Crippen molar-refractivity contribution in [3.63, 3.8) is 0 Å². The third-order valence-corrected chi connectivity index (χ3v) is 3.33. The normalized spacial score (nSPS) is 14.5. The van der Waals surface area contributed by atoms with E-state index in [2.05, 4.69) is 15.3 Å². The Morgan fingerprint density at radius 3 is 2.94 bits per heavy atom. The van der Waals surface area contributed by atoms with E-state index in [1.54, 1.807) is 0 Å². The number of aliphatic hydroxyl groups is 1. The van der Waals surface area contributed by atoms with Crippen molar-refractivity contribution < 1.29 is 9.50 Å². The van der Waals surface area contributed by atoms with Crippen LogP contribution in [0.25, 0.3) is 0 Å². The SMILES string of the molecule is CSC(CO)C(C)Nc1nc(N)ncc1F. The molecular weight excluding hydrogens is 231 g/mol. The van der Waals surface area contributed by atoms with E-state index in [0.717, 1.165) is 6.20 Å². The fraction of sp³-hybridized carbons (Fsp3) is 0.556. The van der Waals surface area contributed by atoms with E-state index in [9.17, 15) is 4.39 Å². The van der Waals surface area contributed by atoms with Crippen LogP contribution in [0.3, 0.4) is 0 Å². The van der Waals surface area contributed by atoms with E-state index in [0.29, 0.717) is 0 Å². The third-order valence-electron chi connectivity index (χ3n) is 2.17. The Morgan fingerprint density at radius 1 is 1.69 bits per heavy atom. The first-order valence-corrected chi connectivity index (χ1v) is 6.05. The second kappa shape index (κ2) is 5.86. The Morgan fingerprint density at radius 2 is 2.38 bits per heavy atom. The number of halogens is 1. The molecular formula is C9H15FN4OS. The number of nitrogens with one attached hydrogen (secondary N) is 1. The van der Waals surface area contributed by atoms with Crippen molar-refractivity contribution in [2.75, 3.05) is 23.9 Å². The van der Waals surface area contributed by atoms with Gasteiger partial charge in [0, 0.05) is 11.3 Å². The van der Waals surface area contributed by atoms with Gasteiger partial charge in [0.05, 0.1) is 12.8 Å². The Labute approximate surface area is 97.7 Å². The minimum atomic E-state index is -0.557. The summed E-state index contributed by atoms with van der Waals surface area (Å²) in [6.45, 7) is 1.85. The topological polar surface area (TPSA) is 84.1 Å². The van der Waals surface area contributed by atoms with Crippen LogP contribution in [0.5, 0.6) is 0 Å².